The second kappa shape index (κ2) is 12.8. The van der Waals surface area contributed by atoms with E-state index >= 15 is 0 Å². The van der Waals surface area contributed by atoms with E-state index in [4.69, 9.17) is 9.52 Å². The number of nitrogens with one attached hydrogen (secondary N) is 2. The van der Waals surface area contributed by atoms with Crippen molar-refractivity contribution in [3.8, 4) is 11.3 Å². The summed E-state index contributed by atoms with van der Waals surface area (Å²) in [4.78, 5) is 23.0. The van der Waals surface area contributed by atoms with Crippen LogP contribution in [-0.4, -0.2) is 34.3 Å². The molecule has 1 heterocycles. The third kappa shape index (κ3) is 7.40. The van der Waals surface area contributed by atoms with Crippen molar-refractivity contribution in [1.29, 1.82) is 0 Å². The Kier molecular flexibility index (Phi) is 9.30. The van der Waals surface area contributed by atoms with Crippen molar-refractivity contribution in [1.82, 2.24) is 5.32 Å². The van der Waals surface area contributed by atoms with E-state index in [1.807, 2.05) is 42.5 Å². The van der Waals surface area contributed by atoms with Crippen molar-refractivity contribution >= 4 is 28.7 Å². The zero-order valence-electron chi connectivity index (χ0n) is 21.1. The average molecular weight is 523 g/mol. The summed E-state index contributed by atoms with van der Waals surface area (Å²) in [6, 6.07) is 19.2. The first-order chi connectivity index (χ1) is 17.9. The summed E-state index contributed by atoms with van der Waals surface area (Å²) in [6.07, 6.45) is 7.37. The quantitative estimate of drug-likeness (QED) is 0.276. The second-order valence-corrected chi connectivity index (χ2v) is 11.0. The Morgan fingerprint density at radius 2 is 1.78 bits per heavy atom. The smallest absolute Gasteiger partial charge is 0.305 e. The molecule has 1 aliphatic rings. The van der Waals surface area contributed by atoms with Crippen LogP contribution in [0.4, 0.5) is 5.69 Å². The molecule has 2 aromatic carbocycles. The number of hydrogen-bond donors (Lipinski definition) is 3. The normalized spacial score (nSPS) is 15.6. The van der Waals surface area contributed by atoms with Crippen molar-refractivity contribution in [2.24, 2.45) is 5.92 Å². The summed E-state index contributed by atoms with van der Waals surface area (Å²) < 4.78 is 18.5. The Bertz CT molecular complexity index is 1170. The van der Waals surface area contributed by atoms with Crippen molar-refractivity contribution in [2.45, 2.75) is 50.3 Å². The van der Waals surface area contributed by atoms with Crippen LogP contribution in [0.25, 0.3) is 11.3 Å². The molecule has 1 saturated carbocycles. The summed E-state index contributed by atoms with van der Waals surface area (Å²) in [7, 11) is 0. The monoisotopic (exact) mass is 522 g/mol. The van der Waals surface area contributed by atoms with Crippen LogP contribution in [0, 0.1) is 5.92 Å². The molecule has 1 aromatic heterocycles. The zero-order valence-corrected chi connectivity index (χ0v) is 21.9. The number of carboxylic acid groups (broad SMARTS) is 1. The van der Waals surface area contributed by atoms with E-state index < -0.39 is 17.1 Å². The molecule has 1 unspecified atom stereocenters. The highest BCUT2D eigenvalue weighted by Gasteiger charge is 2.30. The fraction of sp³-hybridized carbons (Fsp3) is 0.379. The van der Waals surface area contributed by atoms with Crippen LogP contribution in [0.15, 0.2) is 65.1 Å². The first-order valence-electron chi connectivity index (χ1n) is 12.8. The minimum absolute atomic E-state index is 0.0182. The Morgan fingerprint density at radius 1 is 1.08 bits per heavy atom. The molecule has 1 amide bonds. The van der Waals surface area contributed by atoms with Crippen LogP contribution in [0.1, 0.15) is 66.2 Å². The van der Waals surface area contributed by atoms with Crippen molar-refractivity contribution in [3.05, 3.63) is 77.6 Å². The number of carbonyl (C=O) groups is 2. The van der Waals surface area contributed by atoms with Gasteiger partial charge in [-0.3, -0.25) is 9.59 Å². The van der Waals surface area contributed by atoms with E-state index in [9.17, 15) is 14.1 Å². The number of hydrogen-bond acceptors (Lipinski definition) is 5. The molecule has 37 heavy (non-hydrogen) atoms. The standard InChI is InChI=1S/C29H34N2O5S/c1-37(35)19-26-24(18-25(36-26)20-8-4-2-5-9-20)28(21-10-6-3-7-11-21)31-23-14-12-22(13-15-23)29(34)30-17-16-27(32)33/h2,4-5,8-9,12-15,18,21,28,31H,3,6-7,10-11,16-17,19H2,1H3,(H,30,34)(H,32,33)/t28?,37-/m0/s1. The van der Waals surface area contributed by atoms with Gasteiger partial charge in [0.1, 0.15) is 5.76 Å². The molecule has 7 nitrogen and oxygen atoms in total. The van der Waals surface area contributed by atoms with Crippen LogP contribution < -0.4 is 10.6 Å². The molecular weight excluding hydrogens is 488 g/mol. The largest absolute Gasteiger partial charge is 0.616 e. The molecule has 1 aliphatic carbocycles. The Labute approximate surface area is 220 Å². The van der Waals surface area contributed by atoms with Gasteiger partial charge in [-0.2, -0.15) is 0 Å². The van der Waals surface area contributed by atoms with Gasteiger partial charge in [0.2, 0.25) is 0 Å². The lowest BCUT2D eigenvalue weighted by atomic mass is 9.81. The minimum atomic E-state index is -1.05. The third-order valence-corrected chi connectivity index (χ3v) is 7.45. The summed E-state index contributed by atoms with van der Waals surface area (Å²) in [5, 5.41) is 15.1. The number of furan rings is 1. The first kappa shape index (κ1) is 26.8. The molecule has 0 aliphatic heterocycles. The lowest BCUT2D eigenvalue weighted by molar-refractivity contribution is -0.136. The van der Waals surface area contributed by atoms with Gasteiger partial charge in [0.25, 0.3) is 5.91 Å². The van der Waals surface area contributed by atoms with Gasteiger partial charge in [-0.05, 0) is 60.3 Å². The summed E-state index contributed by atoms with van der Waals surface area (Å²) >= 11 is -1.05. The van der Waals surface area contributed by atoms with E-state index in [0.29, 0.717) is 17.2 Å². The molecule has 0 radical (unpaired) electrons. The van der Waals surface area contributed by atoms with Crippen molar-refractivity contribution in [3.63, 3.8) is 0 Å². The highest BCUT2D eigenvalue weighted by molar-refractivity contribution is 7.89. The Morgan fingerprint density at radius 3 is 2.43 bits per heavy atom. The Hall–Kier alpha value is -3.23. The van der Waals surface area contributed by atoms with Gasteiger partial charge < -0.3 is 24.7 Å². The highest BCUT2D eigenvalue weighted by atomic mass is 32.2. The van der Waals surface area contributed by atoms with E-state index in [-0.39, 0.29) is 24.9 Å². The van der Waals surface area contributed by atoms with Crippen LogP contribution in [0.3, 0.4) is 0 Å². The molecule has 8 heteroatoms. The molecule has 0 saturated heterocycles. The molecule has 4 rings (SSSR count). The van der Waals surface area contributed by atoms with E-state index in [1.54, 1.807) is 18.4 Å². The van der Waals surface area contributed by atoms with Gasteiger partial charge in [-0.15, -0.1) is 0 Å². The molecule has 0 bridgehead atoms. The predicted octanol–water partition coefficient (Wildman–Crippen LogP) is 5.76. The molecule has 2 atom stereocenters. The maximum atomic E-state index is 12.3. The van der Waals surface area contributed by atoms with Gasteiger partial charge in [0, 0.05) is 28.9 Å². The average Bonchev–Trinajstić information content (AvgIpc) is 3.31. The van der Waals surface area contributed by atoms with Crippen LogP contribution >= 0.6 is 0 Å². The lowest BCUT2D eigenvalue weighted by Gasteiger charge is -2.32. The fourth-order valence-corrected chi connectivity index (χ4v) is 5.54. The molecule has 3 aromatic rings. The fourth-order valence-electron chi connectivity index (χ4n) is 4.95. The topological polar surface area (TPSA) is 115 Å². The lowest BCUT2D eigenvalue weighted by Crippen LogP contribution is -2.26. The first-order valence-corrected chi connectivity index (χ1v) is 14.5. The minimum Gasteiger partial charge on any atom is -0.616 e. The number of aliphatic carboxylic acids is 1. The van der Waals surface area contributed by atoms with Gasteiger partial charge in [0.15, 0.2) is 11.5 Å². The highest BCUT2D eigenvalue weighted by Crippen LogP contribution is 2.41. The van der Waals surface area contributed by atoms with E-state index in [0.717, 1.165) is 41.2 Å². The molecule has 3 N–H and O–H groups in total. The number of carbonyl (C=O) groups excluding carboxylic acids is 1. The van der Waals surface area contributed by atoms with Crippen LogP contribution in [0.5, 0.6) is 0 Å². The maximum Gasteiger partial charge on any atom is 0.305 e. The predicted molar refractivity (Wildman–Crippen MR) is 146 cm³/mol. The SMILES string of the molecule is C[S@+]([O-])Cc1oc(-c2ccccc2)cc1C(Nc1ccc(C(=O)NCCC(=O)O)cc1)C1CCCCC1. The number of benzene rings is 2. The van der Waals surface area contributed by atoms with Crippen LogP contribution in [0.2, 0.25) is 0 Å². The van der Waals surface area contributed by atoms with Crippen LogP contribution in [-0.2, 0) is 21.7 Å². The van der Waals surface area contributed by atoms with Gasteiger partial charge in [-0.25, -0.2) is 0 Å². The van der Waals surface area contributed by atoms with Gasteiger partial charge in [0.05, 0.1) is 18.7 Å². The number of carboxylic acids is 1. The Balaban J connectivity index is 1.60. The van der Waals surface area contributed by atoms with Gasteiger partial charge in [-0.1, -0.05) is 49.6 Å². The second-order valence-electron chi connectivity index (χ2n) is 9.57. The van der Waals surface area contributed by atoms with Crippen molar-refractivity contribution in [2.75, 3.05) is 18.1 Å². The summed E-state index contributed by atoms with van der Waals surface area (Å²) in [5.74, 6) is 1.02. The number of rotatable bonds is 11. The molecule has 0 spiro atoms. The molecular formula is C29H34N2O5S. The molecule has 1 fully saturated rings. The number of amides is 1. The summed E-state index contributed by atoms with van der Waals surface area (Å²) in [6.45, 7) is 0.0870. The number of anilines is 1. The maximum absolute atomic E-state index is 12.3. The van der Waals surface area contributed by atoms with Crippen molar-refractivity contribution < 1.29 is 23.7 Å². The third-order valence-electron chi connectivity index (χ3n) is 6.78. The van der Waals surface area contributed by atoms with E-state index in [1.165, 1.54) is 19.3 Å². The zero-order chi connectivity index (χ0) is 26.2. The summed E-state index contributed by atoms with van der Waals surface area (Å²) in [5.41, 5.74) is 3.37. The molecule has 196 valence electrons. The van der Waals surface area contributed by atoms with E-state index in [2.05, 4.69) is 16.7 Å². The van der Waals surface area contributed by atoms with Gasteiger partial charge >= 0.3 is 5.97 Å².